The number of aryl methyl sites for hydroxylation is 1. The van der Waals surface area contributed by atoms with Crippen molar-refractivity contribution in [2.45, 2.75) is 49.1 Å². The van der Waals surface area contributed by atoms with Crippen LogP contribution in [0.4, 0.5) is 0 Å². The van der Waals surface area contributed by atoms with Crippen LogP contribution in [0.15, 0.2) is 59.8 Å². The van der Waals surface area contributed by atoms with Crippen LogP contribution in [-0.2, 0) is 4.79 Å². The molecule has 2 atom stereocenters. The van der Waals surface area contributed by atoms with E-state index in [0.29, 0.717) is 0 Å². The molecule has 1 amide bonds. The number of nitrogens with zero attached hydrogens (tertiary/aromatic N) is 4. The molecule has 6 nitrogen and oxygen atoms in total. The van der Waals surface area contributed by atoms with Gasteiger partial charge in [0, 0.05) is 18.7 Å². The fraction of sp³-hybridized carbons (Fsp3) is 0.375. The van der Waals surface area contributed by atoms with Gasteiger partial charge in [-0.1, -0.05) is 84.8 Å². The van der Waals surface area contributed by atoms with E-state index in [9.17, 15) is 4.79 Å². The topological polar surface area (TPSA) is 63.1 Å². The highest BCUT2D eigenvalue weighted by Crippen LogP contribution is 2.39. The van der Waals surface area contributed by atoms with Crippen molar-refractivity contribution >= 4 is 17.7 Å². The summed E-state index contributed by atoms with van der Waals surface area (Å²) in [6.45, 7) is 3.77. The van der Waals surface area contributed by atoms with Gasteiger partial charge in [0.15, 0.2) is 5.82 Å². The van der Waals surface area contributed by atoms with Crippen LogP contribution < -0.4 is 5.43 Å². The maximum absolute atomic E-state index is 13.7. The van der Waals surface area contributed by atoms with Crippen LogP contribution >= 0.6 is 11.8 Å². The van der Waals surface area contributed by atoms with Gasteiger partial charge in [0.25, 0.3) is 0 Å². The molecular formula is C24H27N5OS. The minimum absolute atomic E-state index is 0.160. The Kier molecular flexibility index (Phi) is 5.68. The molecule has 0 bridgehead atoms. The average Bonchev–Trinajstić information content (AvgIpc) is 3.02. The summed E-state index contributed by atoms with van der Waals surface area (Å²) in [7, 11) is 0. The number of rotatable bonds is 3. The molecule has 160 valence electrons. The van der Waals surface area contributed by atoms with Gasteiger partial charge in [-0.15, -0.1) is 10.2 Å². The fourth-order valence-corrected chi connectivity index (χ4v) is 5.48. The molecule has 1 saturated heterocycles. The molecule has 2 aromatic carbocycles. The van der Waals surface area contributed by atoms with Crippen LogP contribution in [0.1, 0.15) is 42.9 Å². The number of thioether (sulfide) groups is 1. The van der Waals surface area contributed by atoms with Crippen molar-refractivity contribution in [1.29, 1.82) is 0 Å². The number of hydrogen-bond donors (Lipinski definition) is 1. The molecule has 0 saturated carbocycles. The Balaban J connectivity index is 1.52. The molecule has 2 aliphatic rings. The van der Waals surface area contributed by atoms with E-state index in [4.69, 9.17) is 0 Å². The molecule has 5 rings (SSSR count). The van der Waals surface area contributed by atoms with E-state index in [1.165, 1.54) is 30.2 Å². The van der Waals surface area contributed by atoms with Crippen molar-refractivity contribution in [1.82, 2.24) is 19.8 Å². The number of nitrogens with one attached hydrogen (secondary N) is 1. The summed E-state index contributed by atoms with van der Waals surface area (Å²) in [5.74, 6) is 0.960. The highest BCUT2D eigenvalue weighted by atomic mass is 32.2. The Labute approximate surface area is 187 Å². The Bertz CT molecular complexity index is 1040. The number of carbonyl (C=O) groups is 1. The third-order valence-corrected chi connectivity index (χ3v) is 7.27. The second-order valence-corrected chi connectivity index (χ2v) is 9.41. The van der Waals surface area contributed by atoms with E-state index in [1.54, 1.807) is 0 Å². The second-order valence-electron chi connectivity index (χ2n) is 8.30. The van der Waals surface area contributed by atoms with E-state index in [-0.39, 0.29) is 17.2 Å². The minimum atomic E-state index is -0.277. The lowest BCUT2D eigenvalue weighted by molar-refractivity contribution is -0.131. The number of fused-ring (bicyclic) bond motifs is 1. The van der Waals surface area contributed by atoms with Crippen molar-refractivity contribution < 1.29 is 4.79 Å². The smallest absolute Gasteiger partial charge is 0.238 e. The lowest BCUT2D eigenvalue weighted by Crippen LogP contribution is -2.46. The average molecular weight is 434 g/mol. The number of likely N-dealkylation sites (tertiary alicyclic amines) is 1. The molecule has 7 heteroatoms. The van der Waals surface area contributed by atoms with Gasteiger partial charge < -0.3 is 10.3 Å². The number of benzene rings is 2. The van der Waals surface area contributed by atoms with Gasteiger partial charge in [-0.05, 0) is 25.3 Å². The number of carbonyl (C=O) groups excluding carboxylic acids is 1. The highest BCUT2D eigenvalue weighted by molar-refractivity contribution is 8.00. The first-order valence-electron chi connectivity index (χ1n) is 11.0. The molecule has 0 radical (unpaired) electrons. The zero-order chi connectivity index (χ0) is 21.2. The van der Waals surface area contributed by atoms with E-state index in [1.807, 2.05) is 35.0 Å². The van der Waals surface area contributed by atoms with Gasteiger partial charge in [-0.25, -0.2) is 4.68 Å². The van der Waals surface area contributed by atoms with Gasteiger partial charge in [-0.2, -0.15) is 0 Å². The SMILES string of the molecule is Cc1ccc([C@@H]2Nn3c(nnc3-c3ccccc3)S[C@@H]2C(=O)N2CCCCCC2)cc1. The van der Waals surface area contributed by atoms with Crippen molar-refractivity contribution in [3.63, 3.8) is 0 Å². The molecule has 1 N–H and O–H groups in total. The predicted octanol–water partition coefficient (Wildman–Crippen LogP) is 4.42. The van der Waals surface area contributed by atoms with Crippen molar-refractivity contribution in [2.24, 2.45) is 0 Å². The fourth-order valence-electron chi connectivity index (χ4n) is 4.31. The number of hydrogen-bond acceptors (Lipinski definition) is 5. The monoisotopic (exact) mass is 433 g/mol. The molecule has 0 aliphatic carbocycles. The lowest BCUT2D eigenvalue weighted by Gasteiger charge is -2.35. The summed E-state index contributed by atoms with van der Waals surface area (Å²) < 4.78 is 1.94. The molecule has 0 unspecified atom stereocenters. The molecule has 0 spiro atoms. The molecule has 3 heterocycles. The van der Waals surface area contributed by atoms with Gasteiger partial charge in [-0.3, -0.25) is 4.79 Å². The summed E-state index contributed by atoms with van der Waals surface area (Å²) in [5, 5.41) is 9.31. The normalized spacial score (nSPS) is 21.1. The zero-order valence-corrected chi connectivity index (χ0v) is 18.5. The summed E-state index contributed by atoms with van der Waals surface area (Å²) in [6, 6.07) is 18.3. The molecule has 3 aromatic rings. The first-order chi connectivity index (χ1) is 15.2. The predicted molar refractivity (Wildman–Crippen MR) is 123 cm³/mol. The van der Waals surface area contributed by atoms with Crippen LogP contribution in [0.2, 0.25) is 0 Å². The highest BCUT2D eigenvalue weighted by Gasteiger charge is 2.40. The first-order valence-corrected chi connectivity index (χ1v) is 11.9. The van der Waals surface area contributed by atoms with Crippen LogP contribution in [0.3, 0.4) is 0 Å². The minimum Gasteiger partial charge on any atom is -0.342 e. The van der Waals surface area contributed by atoms with E-state index in [0.717, 1.165) is 48.0 Å². The number of aromatic nitrogens is 3. The van der Waals surface area contributed by atoms with Gasteiger partial charge in [0.05, 0.1) is 6.04 Å². The standard InChI is InChI=1S/C24H27N5OS/c1-17-11-13-18(14-12-17)20-21(23(30)28-15-7-2-3-8-16-28)31-24-26-25-22(29(24)27-20)19-9-5-4-6-10-19/h4-6,9-14,20-21,27H,2-3,7-8,15-16H2,1H3/t20-,21-/m0/s1. The van der Waals surface area contributed by atoms with Gasteiger partial charge in [0.1, 0.15) is 5.25 Å². The van der Waals surface area contributed by atoms with Gasteiger partial charge >= 0.3 is 0 Å². The van der Waals surface area contributed by atoms with Crippen LogP contribution in [0.25, 0.3) is 11.4 Å². The molecular weight excluding hydrogens is 406 g/mol. The largest absolute Gasteiger partial charge is 0.342 e. The van der Waals surface area contributed by atoms with Crippen LogP contribution in [-0.4, -0.2) is 44.0 Å². The van der Waals surface area contributed by atoms with E-state index < -0.39 is 0 Å². The van der Waals surface area contributed by atoms with E-state index >= 15 is 0 Å². The zero-order valence-electron chi connectivity index (χ0n) is 17.7. The van der Waals surface area contributed by atoms with Crippen molar-refractivity contribution in [3.8, 4) is 11.4 Å². The van der Waals surface area contributed by atoms with Crippen LogP contribution in [0.5, 0.6) is 0 Å². The van der Waals surface area contributed by atoms with Crippen molar-refractivity contribution in [3.05, 3.63) is 65.7 Å². The Hall–Kier alpha value is -2.80. The molecule has 2 aliphatic heterocycles. The molecule has 1 aromatic heterocycles. The second kappa shape index (κ2) is 8.75. The third kappa shape index (κ3) is 4.06. The summed E-state index contributed by atoms with van der Waals surface area (Å²) >= 11 is 1.52. The Morgan fingerprint density at radius 1 is 0.968 bits per heavy atom. The summed E-state index contributed by atoms with van der Waals surface area (Å²) in [4.78, 5) is 15.7. The third-order valence-electron chi connectivity index (χ3n) is 6.07. The quantitative estimate of drug-likeness (QED) is 0.663. The summed E-state index contributed by atoms with van der Waals surface area (Å²) in [6.07, 6.45) is 4.58. The van der Waals surface area contributed by atoms with Crippen molar-refractivity contribution in [2.75, 3.05) is 18.5 Å². The van der Waals surface area contributed by atoms with Gasteiger partial charge in [0.2, 0.25) is 11.1 Å². The number of amides is 1. The molecule has 1 fully saturated rings. The van der Waals surface area contributed by atoms with E-state index in [2.05, 4.69) is 51.7 Å². The maximum Gasteiger partial charge on any atom is 0.238 e. The first kappa shape index (κ1) is 20.1. The Morgan fingerprint density at radius 3 is 2.39 bits per heavy atom. The van der Waals surface area contributed by atoms with Crippen LogP contribution in [0, 0.1) is 6.92 Å². The maximum atomic E-state index is 13.7. The molecule has 31 heavy (non-hydrogen) atoms. The summed E-state index contributed by atoms with van der Waals surface area (Å²) in [5.41, 5.74) is 6.89. The lowest BCUT2D eigenvalue weighted by atomic mass is 10.0. The Morgan fingerprint density at radius 2 is 1.68 bits per heavy atom.